The van der Waals surface area contributed by atoms with Gasteiger partial charge in [-0.2, -0.15) is 0 Å². The zero-order valence-corrected chi connectivity index (χ0v) is 17.2. The van der Waals surface area contributed by atoms with Crippen molar-refractivity contribution in [2.45, 2.75) is 6.54 Å². The van der Waals surface area contributed by atoms with E-state index in [1.807, 2.05) is 48.1 Å². The van der Waals surface area contributed by atoms with Gasteiger partial charge in [0.15, 0.2) is 0 Å². The summed E-state index contributed by atoms with van der Waals surface area (Å²) in [4.78, 5) is 23.8. The number of para-hydroxylation sites is 1. The number of nitrogens with zero attached hydrogens (tertiary/aromatic N) is 4. The van der Waals surface area contributed by atoms with Gasteiger partial charge in [-0.3, -0.25) is 4.79 Å². The van der Waals surface area contributed by atoms with Gasteiger partial charge in [-0.05, 0) is 12.1 Å². The Hall–Kier alpha value is -3.39. The fraction of sp³-hybridized carbons (Fsp3) is 0.318. The fourth-order valence-corrected chi connectivity index (χ4v) is 3.46. The molecule has 0 atom stereocenters. The van der Waals surface area contributed by atoms with Crippen LogP contribution in [0.5, 0.6) is 5.75 Å². The van der Waals surface area contributed by atoms with Crippen LogP contribution < -0.4 is 15.0 Å². The summed E-state index contributed by atoms with van der Waals surface area (Å²) in [7, 11) is 3.47. The van der Waals surface area contributed by atoms with Crippen LogP contribution in [0.4, 0.5) is 5.95 Å². The molecule has 0 bridgehead atoms. The third-order valence-corrected chi connectivity index (χ3v) is 5.13. The minimum absolute atomic E-state index is 0.152. The van der Waals surface area contributed by atoms with E-state index >= 15 is 0 Å². The van der Waals surface area contributed by atoms with E-state index in [0.717, 1.165) is 35.5 Å². The molecule has 1 aliphatic rings. The number of carbonyl (C=O) groups excluding carboxylic acids is 1. The topological polar surface area (TPSA) is 81.5 Å². The number of carbonyl (C=O) groups is 1. The molecule has 0 saturated carbocycles. The average molecular weight is 407 g/mol. The molecule has 1 amide bonds. The molecule has 1 N–H and O–H groups in total. The van der Waals surface area contributed by atoms with Gasteiger partial charge < -0.3 is 24.3 Å². The minimum Gasteiger partial charge on any atom is -0.496 e. The number of hydrogen-bond donors (Lipinski definition) is 1. The molecule has 156 valence electrons. The average Bonchev–Trinajstić information content (AvgIpc) is 3.20. The maximum atomic E-state index is 12.7. The van der Waals surface area contributed by atoms with Crippen LogP contribution in [-0.2, 0) is 18.3 Å². The number of morpholine rings is 1. The quantitative estimate of drug-likeness (QED) is 0.675. The van der Waals surface area contributed by atoms with Gasteiger partial charge >= 0.3 is 0 Å². The molecule has 3 aromatic rings. The highest BCUT2D eigenvalue weighted by Gasteiger charge is 2.16. The van der Waals surface area contributed by atoms with Crippen molar-refractivity contribution in [3.63, 3.8) is 0 Å². The summed E-state index contributed by atoms with van der Waals surface area (Å²) in [6.45, 7) is 3.36. The van der Waals surface area contributed by atoms with Crippen LogP contribution in [0, 0.1) is 0 Å². The highest BCUT2D eigenvalue weighted by atomic mass is 16.5. The molecule has 0 aliphatic carbocycles. The molecule has 1 fully saturated rings. The van der Waals surface area contributed by atoms with Gasteiger partial charge in [-0.1, -0.05) is 18.2 Å². The van der Waals surface area contributed by atoms with Gasteiger partial charge in [0.05, 0.1) is 20.3 Å². The largest absolute Gasteiger partial charge is 0.496 e. The summed E-state index contributed by atoms with van der Waals surface area (Å²) in [6.07, 6.45) is 5.50. The number of methoxy groups -OCH3 is 1. The van der Waals surface area contributed by atoms with Crippen LogP contribution in [0.2, 0.25) is 0 Å². The first-order valence-corrected chi connectivity index (χ1v) is 9.87. The van der Waals surface area contributed by atoms with Crippen molar-refractivity contribution >= 4 is 11.9 Å². The fourth-order valence-electron chi connectivity index (χ4n) is 3.46. The van der Waals surface area contributed by atoms with Crippen LogP contribution in [0.25, 0.3) is 11.1 Å². The SMILES string of the molecule is COc1ccccc1CNC(=O)c1cc(-c2cnc(N3CCOCC3)nc2)cn1C. The molecule has 30 heavy (non-hydrogen) atoms. The molecule has 0 unspecified atom stereocenters. The summed E-state index contributed by atoms with van der Waals surface area (Å²) >= 11 is 0. The third-order valence-electron chi connectivity index (χ3n) is 5.13. The number of hydrogen-bond acceptors (Lipinski definition) is 6. The second-order valence-electron chi connectivity index (χ2n) is 7.09. The lowest BCUT2D eigenvalue weighted by Crippen LogP contribution is -2.37. The lowest BCUT2D eigenvalue weighted by Gasteiger charge is -2.26. The van der Waals surface area contributed by atoms with Crippen LogP contribution >= 0.6 is 0 Å². The van der Waals surface area contributed by atoms with E-state index in [0.29, 0.717) is 31.4 Å². The molecule has 8 nitrogen and oxygen atoms in total. The Bertz CT molecular complexity index is 1010. The molecular weight excluding hydrogens is 382 g/mol. The molecular formula is C22H25N5O3. The minimum atomic E-state index is -0.152. The second kappa shape index (κ2) is 8.96. The van der Waals surface area contributed by atoms with Gasteiger partial charge in [0.25, 0.3) is 5.91 Å². The number of benzene rings is 1. The molecule has 8 heteroatoms. The third kappa shape index (κ3) is 4.28. The lowest BCUT2D eigenvalue weighted by molar-refractivity contribution is 0.0942. The Morgan fingerprint density at radius 1 is 1.17 bits per heavy atom. The first-order valence-electron chi connectivity index (χ1n) is 9.87. The number of ether oxygens (including phenoxy) is 2. The predicted octanol–water partition coefficient (Wildman–Crippen LogP) is 2.26. The molecule has 1 aliphatic heterocycles. The van der Waals surface area contributed by atoms with Gasteiger partial charge in [0.1, 0.15) is 11.4 Å². The van der Waals surface area contributed by atoms with Gasteiger partial charge in [-0.15, -0.1) is 0 Å². The summed E-state index contributed by atoms with van der Waals surface area (Å²) < 4.78 is 12.5. The Morgan fingerprint density at radius 3 is 2.63 bits per heavy atom. The maximum absolute atomic E-state index is 12.7. The summed E-state index contributed by atoms with van der Waals surface area (Å²) in [5.74, 6) is 1.30. The van der Waals surface area contributed by atoms with Crippen molar-refractivity contribution in [3.8, 4) is 16.9 Å². The van der Waals surface area contributed by atoms with Gasteiger partial charge in [-0.25, -0.2) is 9.97 Å². The maximum Gasteiger partial charge on any atom is 0.268 e. The highest BCUT2D eigenvalue weighted by Crippen LogP contribution is 2.22. The summed E-state index contributed by atoms with van der Waals surface area (Å²) in [6, 6.07) is 9.49. The molecule has 2 aromatic heterocycles. The normalized spacial score (nSPS) is 13.9. The predicted molar refractivity (Wildman–Crippen MR) is 114 cm³/mol. The smallest absolute Gasteiger partial charge is 0.268 e. The van der Waals surface area contributed by atoms with Crippen molar-refractivity contribution in [1.29, 1.82) is 0 Å². The van der Waals surface area contributed by atoms with Crippen LogP contribution in [-0.4, -0.2) is 53.9 Å². The Kier molecular flexibility index (Phi) is 5.94. The van der Waals surface area contributed by atoms with Crippen molar-refractivity contribution in [2.75, 3.05) is 38.3 Å². The number of anilines is 1. The molecule has 1 saturated heterocycles. The van der Waals surface area contributed by atoms with Crippen molar-refractivity contribution in [1.82, 2.24) is 19.9 Å². The van der Waals surface area contributed by atoms with E-state index in [2.05, 4.69) is 20.2 Å². The first-order chi connectivity index (χ1) is 14.7. The summed E-state index contributed by atoms with van der Waals surface area (Å²) in [5.41, 5.74) is 3.26. The zero-order valence-electron chi connectivity index (χ0n) is 17.2. The number of aryl methyl sites for hydroxylation is 1. The second-order valence-corrected chi connectivity index (χ2v) is 7.09. The van der Waals surface area contributed by atoms with Gasteiger partial charge in [0, 0.05) is 62.0 Å². The standard InChI is InChI=1S/C22H25N5O3/c1-26-15-17(18-13-24-22(25-14-18)27-7-9-30-10-8-27)11-19(26)21(28)23-12-16-5-3-4-6-20(16)29-2/h3-6,11,13-15H,7-10,12H2,1-2H3,(H,23,28). The highest BCUT2D eigenvalue weighted by molar-refractivity contribution is 5.94. The number of nitrogens with one attached hydrogen (secondary N) is 1. The van der Waals surface area contributed by atoms with E-state index in [1.54, 1.807) is 19.5 Å². The first kappa shape index (κ1) is 19.9. The molecule has 1 aromatic carbocycles. The van der Waals surface area contributed by atoms with Crippen LogP contribution in [0.15, 0.2) is 48.9 Å². The lowest BCUT2D eigenvalue weighted by atomic mass is 10.2. The van der Waals surface area contributed by atoms with Crippen molar-refractivity contribution in [3.05, 3.63) is 60.2 Å². The number of rotatable bonds is 6. The monoisotopic (exact) mass is 407 g/mol. The number of aromatic nitrogens is 3. The number of amides is 1. The Morgan fingerprint density at radius 2 is 1.90 bits per heavy atom. The summed E-state index contributed by atoms with van der Waals surface area (Å²) in [5, 5.41) is 2.96. The van der Waals surface area contributed by atoms with Gasteiger partial charge in [0.2, 0.25) is 5.95 Å². The molecule has 3 heterocycles. The van der Waals surface area contributed by atoms with Crippen LogP contribution in [0.3, 0.4) is 0 Å². The van der Waals surface area contributed by atoms with E-state index in [9.17, 15) is 4.79 Å². The Labute approximate surface area is 175 Å². The molecule has 4 rings (SSSR count). The molecule has 0 spiro atoms. The van der Waals surface area contributed by atoms with E-state index in [-0.39, 0.29) is 5.91 Å². The van der Waals surface area contributed by atoms with E-state index in [1.165, 1.54) is 0 Å². The van der Waals surface area contributed by atoms with Crippen molar-refractivity contribution < 1.29 is 14.3 Å². The van der Waals surface area contributed by atoms with Crippen LogP contribution in [0.1, 0.15) is 16.1 Å². The molecule has 0 radical (unpaired) electrons. The van der Waals surface area contributed by atoms with E-state index < -0.39 is 0 Å². The Balaban J connectivity index is 1.45. The van der Waals surface area contributed by atoms with Crippen molar-refractivity contribution in [2.24, 2.45) is 7.05 Å². The van der Waals surface area contributed by atoms with E-state index in [4.69, 9.17) is 9.47 Å². The zero-order chi connectivity index (χ0) is 20.9.